The van der Waals surface area contributed by atoms with Crippen LogP contribution in [0.5, 0.6) is 0 Å². The van der Waals surface area contributed by atoms with Gasteiger partial charge in [0.2, 0.25) is 0 Å². The number of aliphatic hydroxyl groups excluding tert-OH is 1. The lowest BCUT2D eigenvalue weighted by Crippen LogP contribution is -2.53. The van der Waals surface area contributed by atoms with E-state index in [-0.39, 0.29) is 23.4 Å². The van der Waals surface area contributed by atoms with Crippen LogP contribution in [0.4, 0.5) is 9.18 Å². The van der Waals surface area contributed by atoms with Gasteiger partial charge in [0.05, 0.1) is 18.8 Å². The molecule has 0 bridgehead atoms. The fraction of sp³-hybridized carbons (Fsp3) is 0.708. The van der Waals surface area contributed by atoms with Crippen molar-refractivity contribution in [3.05, 3.63) is 35.6 Å². The van der Waals surface area contributed by atoms with E-state index in [0.29, 0.717) is 26.1 Å². The van der Waals surface area contributed by atoms with Crippen LogP contribution in [-0.2, 0) is 15.9 Å². The Morgan fingerprint density at radius 2 is 2.00 bits per heavy atom. The van der Waals surface area contributed by atoms with Crippen molar-refractivity contribution in [3.8, 4) is 0 Å². The Kier molecular flexibility index (Phi) is 6.99. The SMILES string of the molecule is CC(C)(C)OC(=O)N1[C@H](CNCC2(Cc3ccc(F)cc3)CCCC2O)COC1(C)C. The molecule has 0 aromatic heterocycles. The molecule has 6 nitrogen and oxygen atoms in total. The number of carbonyl (C=O) groups is 1. The Labute approximate surface area is 185 Å². The zero-order valence-electron chi connectivity index (χ0n) is 19.4. The van der Waals surface area contributed by atoms with Gasteiger partial charge in [-0.05, 0) is 71.6 Å². The maximum absolute atomic E-state index is 13.3. The summed E-state index contributed by atoms with van der Waals surface area (Å²) in [6.45, 7) is 10.9. The van der Waals surface area contributed by atoms with Gasteiger partial charge in [0, 0.05) is 18.5 Å². The number of nitrogens with zero attached hydrogens (tertiary/aromatic N) is 1. The lowest BCUT2D eigenvalue weighted by molar-refractivity contribution is -0.0624. The standard InChI is InChI=1S/C24H37FN2O4/c1-22(2,3)31-21(29)27-19(15-30-23(27,4)5)14-26-16-24(12-6-7-20(24)28)13-17-8-10-18(25)11-9-17/h8-11,19-20,26,28H,6-7,12-16H2,1-5H3/t19-,20?,24?/m1/s1. The Morgan fingerprint density at radius 1 is 1.32 bits per heavy atom. The number of nitrogens with one attached hydrogen (secondary N) is 1. The van der Waals surface area contributed by atoms with Gasteiger partial charge >= 0.3 is 6.09 Å². The highest BCUT2D eigenvalue weighted by Crippen LogP contribution is 2.41. The summed E-state index contributed by atoms with van der Waals surface area (Å²) >= 11 is 0. The minimum atomic E-state index is -0.743. The second kappa shape index (κ2) is 9.04. The topological polar surface area (TPSA) is 71.0 Å². The fourth-order valence-corrected chi connectivity index (χ4v) is 4.81. The summed E-state index contributed by atoms with van der Waals surface area (Å²) in [7, 11) is 0. The van der Waals surface area contributed by atoms with Gasteiger partial charge in [-0.3, -0.25) is 4.90 Å². The molecule has 2 unspecified atom stereocenters. The first-order chi connectivity index (χ1) is 14.4. The van der Waals surface area contributed by atoms with Crippen LogP contribution in [0.3, 0.4) is 0 Å². The van der Waals surface area contributed by atoms with Crippen molar-refractivity contribution < 1.29 is 23.8 Å². The molecule has 2 fully saturated rings. The number of aliphatic hydroxyl groups is 1. The second-order valence-electron chi connectivity index (χ2n) is 10.5. The molecule has 0 spiro atoms. The number of hydrogen-bond acceptors (Lipinski definition) is 5. The van der Waals surface area contributed by atoms with Gasteiger partial charge < -0.3 is 19.9 Å². The third-order valence-corrected chi connectivity index (χ3v) is 6.35. The van der Waals surface area contributed by atoms with Crippen molar-refractivity contribution in [3.63, 3.8) is 0 Å². The average molecular weight is 437 g/mol. The summed E-state index contributed by atoms with van der Waals surface area (Å²) in [4.78, 5) is 14.5. The molecule has 1 aliphatic carbocycles. The first-order valence-electron chi connectivity index (χ1n) is 11.2. The van der Waals surface area contributed by atoms with E-state index in [1.165, 1.54) is 12.1 Å². The highest BCUT2D eigenvalue weighted by atomic mass is 19.1. The first kappa shape index (κ1) is 24.0. The number of benzene rings is 1. The van der Waals surface area contributed by atoms with E-state index in [0.717, 1.165) is 24.8 Å². The number of amides is 1. The summed E-state index contributed by atoms with van der Waals surface area (Å²) < 4.78 is 24.8. The molecule has 1 saturated heterocycles. The minimum absolute atomic E-state index is 0.161. The number of rotatable bonds is 6. The van der Waals surface area contributed by atoms with Crippen molar-refractivity contribution in [1.29, 1.82) is 0 Å². The van der Waals surface area contributed by atoms with Crippen molar-refractivity contribution in [1.82, 2.24) is 10.2 Å². The van der Waals surface area contributed by atoms with E-state index < -0.39 is 17.4 Å². The largest absolute Gasteiger partial charge is 0.444 e. The van der Waals surface area contributed by atoms with Crippen molar-refractivity contribution >= 4 is 6.09 Å². The Morgan fingerprint density at radius 3 is 2.58 bits per heavy atom. The van der Waals surface area contributed by atoms with E-state index >= 15 is 0 Å². The third kappa shape index (κ3) is 5.76. The Bertz CT molecular complexity index is 762. The van der Waals surface area contributed by atoms with Crippen LogP contribution in [0.25, 0.3) is 0 Å². The summed E-state index contributed by atoms with van der Waals surface area (Å²) in [5.41, 5.74) is -0.609. The molecule has 1 aliphatic heterocycles. The van der Waals surface area contributed by atoms with Gasteiger partial charge in [-0.2, -0.15) is 0 Å². The van der Waals surface area contributed by atoms with Crippen molar-refractivity contribution in [2.75, 3.05) is 19.7 Å². The fourth-order valence-electron chi connectivity index (χ4n) is 4.81. The van der Waals surface area contributed by atoms with Crippen molar-refractivity contribution in [2.45, 2.75) is 83.8 Å². The molecule has 1 amide bonds. The van der Waals surface area contributed by atoms with E-state index in [2.05, 4.69) is 5.32 Å². The van der Waals surface area contributed by atoms with Crippen LogP contribution < -0.4 is 5.32 Å². The first-order valence-corrected chi connectivity index (χ1v) is 11.2. The molecule has 31 heavy (non-hydrogen) atoms. The zero-order chi connectivity index (χ0) is 22.9. The second-order valence-corrected chi connectivity index (χ2v) is 10.5. The summed E-state index contributed by atoms with van der Waals surface area (Å²) in [6, 6.07) is 6.36. The lowest BCUT2D eigenvalue weighted by Gasteiger charge is -2.36. The zero-order valence-corrected chi connectivity index (χ0v) is 19.4. The predicted octanol–water partition coefficient (Wildman–Crippen LogP) is 3.86. The molecule has 3 rings (SSSR count). The molecule has 0 radical (unpaired) electrons. The summed E-state index contributed by atoms with van der Waals surface area (Å²) in [6.07, 6.45) is 2.53. The van der Waals surface area contributed by atoms with Gasteiger partial charge in [0.1, 0.15) is 17.1 Å². The van der Waals surface area contributed by atoms with Crippen LogP contribution >= 0.6 is 0 Å². The molecule has 174 valence electrons. The third-order valence-electron chi connectivity index (χ3n) is 6.35. The van der Waals surface area contributed by atoms with E-state index in [9.17, 15) is 14.3 Å². The quantitative estimate of drug-likeness (QED) is 0.709. The highest BCUT2D eigenvalue weighted by molar-refractivity contribution is 5.69. The van der Waals surface area contributed by atoms with Crippen molar-refractivity contribution in [2.24, 2.45) is 5.41 Å². The molecule has 3 atom stereocenters. The maximum Gasteiger partial charge on any atom is 0.412 e. The van der Waals surface area contributed by atoms with Crippen LogP contribution in [-0.4, -0.2) is 59.3 Å². The van der Waals surface area contributed by atoms with Gasteiger partial charge in [-0.15, -0.1) is 0 Å². The number of halogens is 1. The van der Waals surface area contributed by atoms with E-state index in [4.69, 9.17) is 9.47 Å². The molecule has 1 saturated carbocycles. The Balaban J connectivity index is 1.65. The molecule has 1 aromatic rings. The molecular formula is C24H37FN2O4. The summed E-state index contributed by atoms with van der Waals surface area (Å²) in [5.74, 6) is -0.256. The number of carbonyl (C=O) groups excluding carboxylic acids is 1. The molecule has 2 aliphatic rings. The van der Waals surface area contributed by atoms with Crippen LogP contribution in [0.2, 0.25) is 0 Å². The van der Waals surface area contributed by atoms with Gasteiger partial charge in [-0.1, -0.05) is 18.6 Å². The molecule has 1 heterocycles. The Hall–Kier alpha value is -1.70. The number of ether oxygens (including phenoxy) is 2. The molecule has 2 N–H and O–H groups in total. The van der Waals surface area contributed by atoms with Crippen LogP contribution in [0.1, 0.15) is 59.4 Å². The summed E-state index contributed by atoms with van der Waals surface area (Å²) in [5, 5.41) is 14.3. The van der Waals surface area contributed by atoms with Gasteiger partial charge in [0.25, 0.3) is 0 Å². The minimum Gasteiger partial charge on any atom is -0.444 e. The average Bonchev–Trinajstić information content (AvgIpc) is 3.15. The van der Waals surface area contributed by atoms with E-state index in [1.807, 2.05) is 34.6 Å². The molecular weight excluding hydrogens is 399 g/mol. The highest BCUT2D eigenvalue weighted by Gasteiger charge is 2.46. The monoisotopic (exact) mass is 436 g/mol. The molecule has 1 aromatic carbocycles. The lowest BCUT2D eigenvalue weighted by atomic mass is 9.78. The normalized spacial score (nSPS) is 28.2. The maximum atomic E-state index is 13.3. The van der Waals surface area contributed by atoms with Crippen LogP contribution in [0.15, 0.2) is 24.3 Å². The van der Waals surface area contributed by atoms with Crippen LogP contribution in [0, 0.1) is 11.2 Å². The van der Waals surface area contributed by atoms with Gasteiger partial charge in [-0.25, -0.2) is 9.18 Å². The van der Waals surface area contributed by atoms with Gasteiger partial charge in [0.15, 0.2) is 0 Å². The predicted molar refractivity (Wildman–Crippen MR) is 117 cm³/mol. The van der Waals surface area contributed by atoms with E-state index in [1.54, 1.807) is 17.0 Å². The number of hydrogen-bond donors (Lipinski definition) is 2. The smallest absolute Gasteiger partial charge is 0.412 e. The molecule has 7 heteroatoms.